The van der Waals surface area contributed by atoms with Gasteiger partial charge in [-0.25, -0.2) is 0 Å². The first kappa shape index (κ1) is 15.0. The quantitative estimate of drug-likeness (QED) is 0.746. The Balaban J connectivity index is 2.72. The molecule has 0 fully saturated rings. The van der Waals surface area contributed by atoms with Gasteiger partial charge in [-0.05, 0) is 37.5 Å². The first-order valence-corrected chi connectivity index (χ1v) is 6.90. The molecule has 0 radical (unpaired) electrons. The molecule has 1 rings (SSSR count). The fourth-order valence-corrected chi connectivity index (χ4v) is 1.80. The fourth-order valence-electron chi connectivity index (χ4n) is 1.80. The molecule has 0 saturated carbocycles. The van der Waals surface area contributed by atoms with Crippen LogP contribution in [0, 0.1) is 0 Å². The normalized spacial score (nSPS) is 14.2. The van der Waals surface area contributed by atoms with Gasteiger partial charge < -0.3 is 15.8 Å². The Labute approximate surface area is 111 Å². The third kappa shape index (κ3) is 4.67. The molecular formula is C15H26N2O. The highest BCUT2D eigenvalue weighted by Crippen LogP contribution is 2.19. The average Bonchev–Trinajstić information content (AvgIpc) is 2.42. The molecule has 3 N–H and O–H groups in total. The van der Waals surface area contributed by atoms with Gasteiger partial charge in [0.05, 0.1) is 6.61 Å². The minimum atomic E-state index is 0.199. The lowest BCUT2D eigenvalue weighted by Gasteiger charge is -2.22. The van der Waals surface area contributed by atoms with Crippen LogP contribution in [0.2, 0.25) is 0 Å². The van der Waals surface area contributed by atoms with Gasteiger partial charge in [-0.2, -0.15) is 0 Å². The maximum atomic E-state index is 5.85. The van der Waals surface area contributed by atoms with E-state index in [0.717, 1.165) is 25.2 Å². The third-order valence-corrected chi connectivity index (χ3v) is 3.07. The monoisotopic (exact) mass is 250 g/mol. The smallest absolute Gasteiger partial charge is 0.119 e. The maximum absolute atomic E-state index is 5.85. The van der Waals surface area contributed by atoms with Crippen molar-refractivity contribution in [2.45, 2.75) is 45.7 Å². The summed E-state index contributed by atoms with van der Waals surface area (Å²) in [4.78, 5) is 0. The van der Waals surface area contributed by atoms with Crippen LogP contribution in [0.25, 0.3) is 0 Å². The van der Waals surface area contributed by atoms with Gasteiger partial charge in [0.2, 0.25) is 0 Å². The van der Waals surface area contributed by atoms with Gasteiger partial charge in [0.25, 0.3) is 0 Å². The van der Waals surface area contributed by atoms with E-state index in [-0.39, 0.29) is 6.04 Å². The second-order valence-corrected chi connectivity index (χ2v) is 4.69. The van der Waals surface area contributed by atoms with Gasteiger partial charge in [0.1, 0.15) is 5.75 Å². The zero-order valence-electron chi connectivity index (χ0n) is 11.8. The Morgan fingerprint density at radius 1 is 1.33 bits per heavy atom. The van der Waals surface area contributed by atoms with Crippen molar-refractivity contribution in [2.24, 2.45) is 5.73 Å². The van der Waals surface area contributed by atoms with Crippen molar-refractivity contribution in [3.05, 3.63) is 29.8 Å². The van der Waals surface area contributed by atoms with Crippen LogP contribution in [-0.4, -0.2) is 19.2 Å². The molecule has 0 aliphatic heterocycles. The largest absolute Gasteiger partial charge is 0.494 e. The zero-order valence-corrected chi connectivity index (χ0v) is 11.8. The molecule has 0 bridgehead atoms. The van der Waals surface area contributed by atoms with Crippen LogP contribution in [0.5, 0.6) is 5.75 Å². The second-order valence-electron chi connectivity index (χ2n) is 4.69. The fraction of sp³-hybridized carbons (Fsp3) is 0.600. The molecule has 0 heterocycles. The van der Waals surface area contributed by atoms with E-state index < -0.39 is 0 Å². The molecule has 0 spiro atoms. The lowest BCUT2D eigenvalue weighted by Crippen LogP contribution is -2.34. The van der Waals surface area contributed by atoms with Crippen molar-refractivity contribution < 1.29 is 4.74 Å². The Morgan fingerprint density at radius 3 is 2.72 bits per heavy atom. The highest BCUT2D eigenvalue weighted by molar-refractivity contribution is 5.30. The predicted octanol–water partition coefficient (Wildman–Crippen LogP) is 2.86. The first-order valence-electron chi connectivity index (χ1n) is 6.90. The van der Waals surface area contributed by atoms with E-state index in [0.29, 0.717) is 12.6 Å². The molecule has 0 aliphatic rings. The molecule has 3 nitrogen and oxygen atoms in total. The van der Waals surface area contributed by atoms with Gasteiger partial charge in [0.15, 0.2) is 0 Å². The number of benzene rings is 1. The molecule has 1 aromatic rings. The van der Waals surface area contributed by atoms with Crippen LogP contribution < -0.4 is 15.8 Å². The summed E-state index contributed by atoms with van der Waals surface area (Å²) in [6.45, 7) is 7.82. The minimum Gasteiger partial charge on any atom is -0.494 e. The highest BCUT2D eigenvalue weighted by Gasteiger charge is 2.12. The van der Waals surface area contributed by atoms with Crippen molar-refractivity contribution >= 4 is 0 Å². The van der Waals surface area contributed by atoms with Gasteiger partial charge in [-0.3, -0.25) is 0 Å². The number of hydrogen-bond donors (Lipinski definition) is 2. The SMILES string of the molecule is CCCOc1cccc(C(CN)NC(C)CC)c1. The summed E-state index contributed by atoms with van der Waals surface area (Å²) in [5.41, 5.74) is 7.06. The lowest BCUT2D eigenvalue weighted by molar-refractivity contribution is 0.316. The van der Waals surface area contributed by atoms with Crippen molar-refractivity contribution in [1.29, 1.82) is 0 Å². The standard InChI is InChI=1S/C15H26N2O/c1-4-9-18-14-8-6-7-13(10-14)15(11-16)17-12(3)5-2/h6-8,10,12,15,17H,4-5,9,11,16H2,1-3H3. The highest BCUT2D eigenvalue weighted by atomic mass is 16.5. The minimum absolute atomic E-state index is 0.199. The van der Waals surface area contributed by atoms with Crippen molar-refractivity contribution in [3.8, 4) is 5.75 Å². The summed E-state index contributed by atoms with van der Waals surface area (Å²) in [5, 5.41) is 3.54. The van der Waals surface area contributed by atoms with E-state index in [2.05, 4.69) is 38.2 Å². The predicted molar refractivity (Wildman–Crippen MR) is 76.9 cm³/mol. The van der Waals surface area contributed by atoms with E-state index >= 15 is 0 Å². The molecule has 18 heavy (non-hydrogen) atoms. The lowest BCUT2D eigenvalue weighted by atomic mass is 10.1. The van der Waals surface area contributed by atoms with Crippen LogP contribution >= 0.6 is 0 Å². The van der Waals surface area contributed by atoms with E-state index in [9.17, 15) is 0 Å². The first-order chi connectivity index (χ1) is 8.71. The summed E-state index contributed by atoms with van der Waals surface area (Å²) in [6.07, 6.45) is 2.12. The molecule has 102 valence electrons. The van der Waals surface area contributed by atoms with Crippen molar-refractivity contribution in [2.75, 3.05) is 13.2 Å². The van der Waals surface area contributed by atoms with Gasteiger partial charge in [0, 0.05) is 18.6 Å². The Morgan fingerprint density at radius 2 is 2.11 bits per heavy atom. The number of rotatable bonds is 8. The van der Waals surface area contributed by atoms with E-state index in [1.54, 1.807) is 0 Å². The topological polar surface area (TPSA) is 47.3 Å². The third-order valence-electron chi connectivity index (χ3n) is 3.07. The van der Waals surface area contributed by atoms with E-state index in [1.807, 2.05) is 12.1 Å². The van der Waals surface area contributed by atoms with Gasteiger partial charge in [-0.15, -0.1) is 0 Å². The summed E-state index contributed by atoms with van der Waals surface area (Å²) < 4.78 is 5.65. The maximum Gasteiger partial charge on any atom is 0.119 e. The van der Waals surface area contributed by atoms with E-state index in [1.165, 1.54) is 5.56 Å². The Bertz CT molecular complexity index is 341. The van der Waals surface area contributed by atoms with Crippen LogP contribution in [0.4, 0.5) is 0 Å². The summed E-state index contributed by atoms with van der Waals surface area (Å²) in [6, 6.07) is 8.88. The van der Waals surface area contributed by atoms with Crippen LogP contribution in [0.3, 0.4) is 0 Å². The molecule has 0 aliphatic carbocycles. The van der Waals surface area contributed by atoms with Crippen LogP contribution in [0.1, 0.15) is 45.2 Å². The van der Waals surface area contributed by atoms with Gasteiger partial charge >= 0.3 is 0 Å². The molecule has 2 atom stereocenters. The summed E-state index contributed by atoms with van der Waals surface area (Å²) in [5.74, 6) is 0.929. The van der Waals surface area contributed by atoms with Crippen LogP contribution in [-0.2, 0) is 0 Å². The molecule has 2 unspecified atom stereocenters. The molecule has 0 saturated heterocycles. The second kappa shape index (κ2) is 8.11. The average molecular weight is 250 g/mol. The number of nitrogens with one attached hydrogen (secondary N) is 1. The number of nitrogens with two attached hydrogens (primary N) is 1. The molecule has 1 aromatic carbocycles. The van der Waals surface area contributed by atoms with Crippen molar-refractivity contribution in [1.82, 2.24) is 5.32 Å². The number of ether oxygens (including phenoxy) is 1. The molecule has 3 heteroatoms. The molecular weight excluding hydrogens is 224 g/mol. The number of hydrogen-bond acceptors (Lipinski definition) is 3. The summed E-state index contributed by atoms with van der Waals surface area (Å²) in [7, 11) is 0. The zero-order chi connectivity index (χ0) is 13.4. The Hall–Kier alpha value is -1.06. The molecule has 0 amide bonds. The van der Waals surface area contributed by atoms with E-state index in [4.69, 9.17) is 10.5 Å². The summed E-state index contributed by atoms with van der Waals surface area (Å²) >= 11 is 0. The van der Waals surface area contributed by atoms with Crippen LogP contribution in [0.15, 0.2) is 24.3 Å². The Kier molecular flexibility index (Phi) is 6.76. The van der Waals surface area contributed by atoms with Crippen molar-refractivity contribution in [3.63, 3.8) is 0 Å². The van der Waals surface area contributed by atoms with Gasteiger partial charge in [-0.1, -0.05) is 26.0 Å². The molecule has 0 aromatic heterocycles.